The molecule has 4 nitrogen and oxygen atoms in total. The average Bonchev–Trinajstić information content (AvgIpc) is 2.65. The second-order valence-corrected chi connectivity index (χ2v) is 4.67. The fraction of sp³-hybridized carbons (Fsp3) is 0.556. The van der Waals surface area contributed by atoms with E-state index in [4.69, 9.17) is 11.6 Å². The number of carbonyl (C=O) groups excluding carboxylic acids is 1. The summed E-state index contributed by atoms with van der Waals surface area (Å²) in [5.74, 6) is 0.145. The van der Waals surface area contributed by atoms with Crippen LogP contribution >= 0.6 is 22.9 Å². The van der Waals surface area contributed by atoms with Crippen LogP contribution in [0.5, 0.6) is 0 Å². The first kappa shape index (κ1) is 10.7. The van der Waals surface area contributed by atoms with E-state index in [0.29, 0.717) is 5.15 Å². The van der Waals surface area contributed by atoms with Gasteiger partial charge in [0.05, 0.1) is 0 Å². The minimum Gasteiger partial charge on any atom is -0.345 e. The number of piperazine rings is 1. The molecule has 2 rings (SSSR count). The molecule has 1 aromatic rings. The first-order chi connectivity index (χ1) is 7.16. The highest BCUT2D eigenvalue weighted by atomic mass is 35.5. The van der Waals surface area contributed by atoms with E-state index in [0.717, 1.165) is 31.3 Å². The van der Waals surface area contributed by atoms with Crippen LogP contribution in [0.2, 0.25) is 5.15 Å². The number of carbonyl (C=O) groups is 1. The summed E-state index contributed by atoms with van der Waals surface area (Å²) >= 11 is 7.31. The highest BCUT2D eigenvalue weighted by Crippen LogP contribution is 2.24. The number of nitrogens with zero attached hydrogens (tertiary/aromatic N) is 3. The third-order valence-corrected chi connectivity index (χ3v) is 3.68. The molecule has 0 aromatic carbocycles. The van der Waals surface area contributed by atoms with Crippen LogP contribution < -0.4 is 4.90 Å². The number of anilines is 1. The van der Waals surface area contributed by atoms with Crippen LogP contribution in [0, 0.1) is 0 Å². The third-order valence-electron chi connectivity index (χ3n) is 2.46. The van der Waals surface area contributed by atoms with Crippen LogP contribution in [0.3, 0.4) is 0 Å². The van der Waals surface area contributed by atoms with Crippen molar-refractivity contribution in [2.24, 2.45) is 0 Å². The maximum Gasteiger partial charge on any atom is 0.219 e. The summed E-state index contributed by atoms with van der Waals surface area (Å²) in [4.78, 5) is 19.3. The SMILES string of the molecule is CC(=O)N1CCN(c2nc(Cl)cs2)CC1. The van der Waals surface area contributed by atoms with Gasteiger partial charge in [-0.05, 0) is 0 Å². The van der Waals surface area contributed by atoms with E-state index in [1.807, 2.05) is 10.3 Å². The van der Waals surface area contributed by atoms with Gasteiger partial charge in [0, 0.05) is 38.5 Å². The van der Waals surface area contributed by atoms with E-state index in [1.54, 1.807) is 18.3 Å². The molecule has 0 unspecified atom stereocenters. The van der Waals surface area contributed by atoms with Crippen LogP contribution in [0.25, 0.3) is 0 Å². The molecule has 1 aliphatic heterocycles. The van der Waals surface area contributed by atoms with Gasteiger partial charge < -0.3 is 9.80 Å². The van der Waals surface area contributed by atoms with Gasteiger partial charge in [0.2, 0.25) is 5.91 Å². The summed E-state index contributed by atoms with van der Waals surface area (Å²) < 4.78 is 0. The molecule has 0 bridgehead atoms. The minimum atomic E-state index is 0.145. The molecule has 1 fully saturated rings. The molecule has 1 aromatic heterocycles. The van der Waals surface area contributed by atoms with Gasteiger partial charge in [-0.2, -0.15) is 0 Å². The largest absolute Gasteiger partial charge is 0.345 e. The van der Waals surface area contributed by atoms with E-state index in [1.165, 1.54) is 0 Å². The summed E-state index contributed by atoms with van der Waals surface area (Å²) in [6.45, 7) is 4.82. The van der Waals surface area contributed by atoms with Crippen molar-refractivity contribution in [3.63, 3.8) is 0 Å². The molecule has 82 valence electrons. The molecule has 15 heavy (non-hydrogen) atoms. The molecule has 1 amide bonds. The predicted molar refractivity (Wildman–Crippen MR) is 61.6 cm³/mol. The lowest BCUT2D eigenvalue weighted by Crippen LogP contribution is -2.48. The van der Waals surface area contributed by atoms with Gasteiger partial charge in [-0.25, -0.2) is 4.98 Å². The van der Waals surface area contributed by atoms with Crippen molar-refractivity contribution >= 4 is 34.0 Å². The molecule has 0 spiro atoms. The zero-order valence-corrected chi connectivity index (χ0v) is 10.0. The monoisotopic (exact) mass is 245 g/mol. The zero-order chi connectivity index (χ0) is 10.8. The van der Waals surface area contributed by atoms with Gasteiger partial charge in [-0.3, -0.25) is 4.79 Å². The summed E-state index contributed by atoms with van der Waals surface area (Å²) in [6, 6.07) is 0. The van der Waals surface area contributed by atoms with Gasteiger partial charge in [-0.1, -0.05) is 11.6 Å². The lowest BCUT2D eigenvalue weighted by molar-refractivity contribution is -0.129. The number of thiazole rings is 1. The van der Waals surface area contributed by atoms with Gasteiger partial charge in [0.1, 0.15) is 5.15 Å². The lowest BCUT2D eigenvalue weighted by Gasteiger charge is -2.33. The number of hydrogen-bond donors (Lipinski definition) is 0. The van der Waals surface area contributed by atoms with Crippen molar-refractivity contribution < 1.29 is 4.79 Å². The molecule has 1 saturated heterocycles. The maximum absolute atomic E-state index is 11.1. The van der Waals surface area contributed by atoms with Crippen molar-refractivity contribution in [1.29, 1.82) is 0 Å². The van der Waals surface area contributed by atoms with Crippen molar-refractivity contribution in [1.82, 2.24) is 9.88 Å². The molecule has 0 aliphatic carbocycles. The molecule has 1 aliphatic rings. The molecule has 0 radical (unpaired) electrons. The smallest absolute Gasteiger partial charge is 0.219 e. The van der Waals surface area contributed by atoms with Crippen molar-refractivity contribution in [2.75, 3.05) is 31.1 Å². The summed E-state index contributed by atoms with van der Waals surface area (Å²) in [5.41, 5.74) is 0. The Morgan fingerprint density at radius 3 is 2.60 bits per heavy atom. The standard InChI is InChI=1S/C9H12ClN3OS/c1-7(14)12-2-4-13(5-3-12)9-11-8(10)6-15-9/h6H,2-5H2,1H3. The Bertz CT molecular complexity index is 360. The topological polar surface area (TPSA) is 36.4 Å². The fourth-order valence-corrected chi connectivity index (χ4v) is 2.61. The average molecular weight is 246 g/mol. The van der Waals surface area contributed by atoms with Crippen LogP contribution in [0.15, 0.2) is 5.38 Å². The molecule has 0 atom stereocenters. The Labute approximate surface area is 97.5 Å². The zero-order valence-electron chi connectivity index (χ0n) is 8.44. The molecular weight excluding hydrogens is 234 g/mol. The number of halogens is 1. The number of hydrogen-bond acceptors (Lipinski definition) is 4. The Balaban J connectivity index is 1.96. The van der Waals surface area contributed by atoms with Crippen LogP contribution in [0.4, 0.5) is 5.13 Å². The Morgan fingerprint density at radius 1 is 1.47 bits per heavy atom. The highest BCUT2D eigenvalue weighted by Gasteiger charge is 2.20. The number of rotatable bonds is 1. The summed E-state index contributed by atoms with van der Waals surface area (Å²) in [5, 5.41) is 3.32. The molecular formula is C9H12ClN3OS. The minimum absolute atomic E-state index is 0.145. The van der Waals surface area contributed by atoms with Gasteiger partial charge in [-0.15, -0.1) is 11.3 Å². The normalized spacial score (nSPS) is 16.9. The lowest BCUT2D eigenvalue weighted by atomic mass is 10.3. The van der Waals surface area contributed by atoms with E-state index in [9.17, 15) is 4.79 Å². The van der Waals surface area contributed by atoms with E-state index in [-0.39, 0.29) is 5.91 Å². The second-order valence-electron chi connectivity index (χ2n) is 3.45. The molecule has 2 heterocycles. The molecule has 6 heteroatoms. The van der Waals surface area contributed by atoms with Crippen molar-refractivity contribution in [3.05, 3.63) is 10.5 Å². The predicted octanol–water partition coefficient (Wildman–Crippen LogP) is 1.47. The Hall–Kier alpha value is -0.810. The number of aromatic nitrogens is 1. The number of amides is 1. The Morgan fingerprint density at radius 2 is 2.13 bits per heavy atom. The first-order valence-electron chi connectivity index (χ1n) is 4.78. The quantitative estimate of drug-likeness (QED) is 0.752. The Kier molecular flexibility index (Phi) is 3.11. The molecule has 0 saturated carbocycles. The van der Waals surface area contributed by atoms with E-state index >= 15 is 0 Å². The van der Waals surface area contributed by atoms with Crippen molar-refractivity contribution in [2.45, 2.75) is 6.92 Å². The van der Waals surface area contributed by atoms with Gasteiger partial charge in [0.15, 0.2) is 5.13 Å². The van der Waals surface area contributed by atoms with Gasteiger partial charge in [0.25, 0.3) is 0 Å². The summed E-state index contributed by atoms with van der Waals surface area (Å²) in [7, 11) is 0. The van der Waals surface area contributed by atoms with Gasteiger partial charge >= 0.3 is 0 Å². The van der Waals surface area contributed by atoms with Crippen LogP contribution in [-0.4, -0.2) is 42.0 Å². The van der Waals surface area contributed by atoms with Crippen LogP contribution in [-0.2, 0) is 4.79 Å². The van der Waals surface area contributed by atoms with E-state index < -0.39 is 0 Å². The maximum atomic E-state index is 11.1. The van der Waals surface area contributed by atoms with E-state index in [2.05, 4.69) is 9.88 Å². The van der Waals surface area contributed by atoms with Crippen LogP contribution in [0.1, 0.15) is 6.92 Å². The summed E-state index contributed by atoms with van der Waals surface area (Å²) in [6.07, 6.45) is 0. The fourth-order valence-electron chi connectivity index (χ4n) is 1.60. The van der Waals surface area contributed by atoms with Crippen molar-refractivity contribution in [3.8, 4) is 0 Å². The highest BCUT2D eigenvalue weighted by molar-refractivity contribution is 7.14. The molecule has 0 N–H and O–H groups in total. The second kappa shape index (κ2) is 4.37. The first-order valence-corrected chi connectivity index (χ1v) is 6.04. The third kappa shape index (κ3) is 2.41.